The Hall–Kier alpha value is -2.14. The number of nitrogens with zero attached hydrogens (tertiary/aromatic N) is 3. The summed E-state index contributed by atoms with van der Waals surface area (Å²) in [5.74, 6) is 0.588. The molecule has 0 fully saturated rings. The summed E-state index contributed by atoms with van der Waals surface area (Å²) in [6, 6.07) is 8.54. The van der Waals surface area contributed by atoms with E-state index in [1.807, 2.05) is 19.0 Å². The first-order valence-corrected chi connectivity index (χ1v) is 8.61. The number of H-pyrrole nitrogens is 1. The van der Waals surface area contributed by atoms with Gasteiger partial charge in [-0.15, -0.1) is 0 Å². The minimum absolute atomic E-state index is 0.230. The number of aromatic amines is 1. The molecular weight excluding hydrogens is 300 g/mol. The lowest BCUT2D eigenvalue weighted by molar-refractivity contribution is -0.132. The van der Waals surface area contributed by atoms with Crippen LogP contribution >= 0.6 is 0 Å². The number of aromatic nitrogens is 2. The topological polar surface area (TPSA) is 52.2 Å². The molecule has 24 heavy (non-hydrogen) atoms. The van der Waals surface area contributed by atoms with Gasteiger partial charge in [0.25, 0.3) is 0 Å². The highest BCUT2D eigenvalue weighted by Crippen LogP contribution is 2.35. The van der Waals surface area contributed by atoms with Crippen molar-refractivity contribution in [2.45, 2.75) is 31.7 Å². The Morgan fingerprint density at radius 2 is 2.12 bits per heavy atom. The summed E-state index contributed by atoms with van der Waals surface area (Å²) in [5, 5.41) is 0. The molecule has 1 heterocycles. The number of rotatable bonds is 7. The first-order valence-electron chi connectivity index (χ1n) is 8.61. The van der Waals surface area contributed by atoms with Crippen LogP contribution in [-0.4, -0.2) is 52.9 Å². The Morgan fingerprint density at radius 3 is 2.88 bits per heavy atom. The number of carbonyl (C=O) groups is 1. The summed E-state index contributed by atoms with van der Waals surface area (Å²) < 4.78 is 0. The van der Waals surface area contributed by atoms with Crippen LogP contribution in [0.15, 0.2) is 36.8 Å². The maximum Gasteiger partial charge on any atom is 0.223 e. The van der Waals surface area contributed by atoms with Crippen molar-refractivity contribution in [3.63, 3.8) is 0 Å². The third kappa shape index (κ3) is 4.03. The molecule has 3 rings (SSSR count). The van der Waals surface area contributed by atoms with Crippen LogP contribution in [0.3, 0.4) is 0 Å². The molecule has 1 atom stereocenters. The fraction of sp³-hybridized carbons (Fsp3) is 0.474. The van der Waals surface area contributed by atoms with Crippen molar-refractivity contribution in [3.8, 4) is 0 Å². The fourth-order valence-corrected chi connectivity index (χ4v) is 3.39. The smallest absolute Gasteiger partial charge is 0.223 e. The molecule has 1 unspecified atom stereocenters. The zero-order chi connectivity index (χ0) is 16.9. The molecule has 0 spiro atoms. The molecular formula is C19H26N4O. The van der Waals surface area contributed by atoms with Crippen molar-refractivity contribution in [1.29, 1.82) is 0 Å². The highest BCUT2D eigenvalue weighted by atomic mass is 16.2. The summed E-state index contributed by atoms with van der Waals surface area (Å²) in [7, 11) is 4.07. The first-order chi connectivity index (χ1) is 11.6. The van der Waals surface area contributed by atoms with Gasteiger partial charge in [0, 0.05) is 25.7 Å². The van der Waals surface area contributed by atoms with Gasteiger partial charge in [0.1, 0.15) is 0 Å². The molecule has 0 saturated carbocycles. The molecule has 1 aliphatic rings. The predicted octanol–water partition coefficient (Wildman–Crippen LogP) is 2.42. The van der Waals surface area contributed by atoms with Crippen LogP contribution in [0.1, 0.15) is 35.6 Å². The standard InChI is InChI=1S/C19H26N4O/c1-22(2)9-10-23(13-17-12-20-14-21-17)19(24)11-16-8-7-15-5-3-4-6-18(15)16/h3-6,12,14,16H,7-11,13H2,1-2H3,(H,20,21). The van der Waals surface area contributed by atoms with Crippen LogP contribution in [0.5, 0.6) is 0 Å². The molecule has 0 bridgehead atoms. The van der Waals surface area contributed by atoms with Crippen LogP contribution in [0, 0.1) is 0 Å². The minimum Gasteiger partial charge on any atom is -0.347 e. The molecule has 2 aromatic rings. The molecule has 1 aromatic carbocycles. The van der Waals surface area contributed by atoms with E-state index in [9.17, 15) is 4.79 Å². The summed E-state index contributed by atoms with van der Waals surface area (Å²) >= 11 is 0. The van der Waals surface area contributed by atoms with Gasteiger partial charge in [-0.2, -0.15) is 0 Å². The maximum absolute atomic E-state index is 12.9. The molecule has 1 amide bonds. The van der Waals surface area contributed by atoms with Crippen molar-refractivity contribution in [3.05, 3.63) is 53.6 Å². The normalized spacial score (nSPS) is 16.4. The van der Waals surface area contributed by atoms with Crippen molar-refractivity contribution >= 4 is 5.91 Å². The third-order valence-electron chi connectivity index (χ3n) is 4.76. The van der Waals surface area contributed by atoms with Gasteiger partial charge in [-0.25, -0.2) is 4.98 Å². The number of benzene rings is 1. The first kappa shape index (κ1) is 16.7. The summed E-state index contributed by atoms with van der Waals surface area (Å²) in [6.45, 7) is 2.20. The number of amides is 1. The van der Waals surface area contributed by atoms with Crippen LogP contribution in [-0.2, 0) is 17.8 Å². The number of likely N-dealkylation sites (N-methyl/N-ethyl adjacent to an activating group) is 1. The highest BCUT2D eigenvalue weighted by molar-refractivity contribution is 5.77. The summed E-state index contributed by atoms with van der Waals surface area (Å²) in [4.78, 5) is 24.1. The Balaban J connectivity index is 1.66. The lowest BCUT2D eigenvalue weighted by Crippen LogP contribution is -2.36. The van der Waals surface area contributed by atoms with Crippen LogP contribution in [0.2, 0.25) is 0 Å². The number of carbonyl (C=O) groups excluding carboxylic acids is 1. The molecule has 0 saturated heterocycles. The van der Waals surface area contributed by atoms with Crippen molar-refractivity contribution in [2.24, 2.45) is 0 Å². The van der Waals surface area contributed by atoms with Gasteiger partial charge in [0.05, 0.1) is 18.6 Å². The lowest BCUT2D eigenvalue weighted by atomic mass is 9.97. The second-order valence-electron chi connectivity index (χ2n) is 6.83. The van der Waals surface area contributed by atoms with Gasteiger partial charge in [-0.1, -0.05) is 24.3 Å². The minimum atomic E-state index is 0.230. The Labute approximate surface area is 143 Å². The quantitative estimate of drug-likeness (QED) is 0.850. The Morgan fingerprint density at radius 1 is 1.29 bits per heavy atom. The van der Waals surface area contributed by atoms with Crippen molar-refractivity contribution < 1.29 is 4.79 Å². The van der Waals surface area contributed by atoms with E-state index >= 15 is 0 Å². The van der Waals surface area contributed by atoms with E-state index in [1.165, 1.54) is 11.1 Å². The van der Waals surface area contributed by atoms with E-state index in [4.69, 9.17) is 0 Å². The molecule has 0 radical (unpaired) electrons. The van der Waals surface area contributed by atoms with Crippen LogP contribution in [0.4, 0.5) is 0 Å². The molecule has 128 valence electrons. The van der Waals surface area contributed by atoms with Gasteiger partial charge in [-0.05, 0) is 44.0 Å². The fourth-order valence-electron chi connectivity index (χ4n) is 3.39. The van der Waals surface area contributed by atoms with E-state index < -0.39 is 0 Å². The summed E-state index contributed by atoms with van der Waals surface area (Å²) in [5.41, 5.74) is 3.75. The number of fused-ring (bicyclic) bond motifs is 1. The molecule has 0 aliphatic heterocycles. The van der Waals surface area contributed by atoms with E-state index in [1.54, 1.807) is 12.5 Å². The maximum atomic E-state index is 12.9. The van der Waals surface area contributed by atoms with E-state index in [0.29, 0.717) is 18.9 Å². The number of imidazole rings is 1. The van der Waals surface area contributed by atoms with Gasteiger partial charge in [-0.3, -0.25) is 4.79 Å². The van der Waals surface area contributed by atoms with Gasteiger partial charge < -0.3 is 14.8 Å². The van der Waals surface area contributed by atoms with E-state index in [0.717, 1.165) is 31.6 Å². The van der Waals surface area contributed by atoms with Crippen molar-refractivity contribution in [1.82, 2.24) is 19.8 Å². The second kappa shape index (κ2) is 7.62. The average molecular weight is 326 g/mol. The van der Waals surface area contributed by atoms with Gasteiger partial charge in [0.15, 0.2) is 0 Å². The Kier molecular flexibility index (Phi) is 5.30. The Bertz CT molecular complexity index is 666. The SMILES string of the molecule is CN(C)CCN(Cc1cnc[nH]1)C(=O)CC1CCc2ccccc21. The number of nitrogens with one attached hydrogen (secondary N) is 1. The molecule has 1 N–H and O–H groups in total. The molecule has 5 nitrogen and oxygen atoms in total. The number of hydrogen-bond donors (Lipinski definition) is 1. The zero-order valence-electron chi connectivity index (χ0n) is 14.5. The van der Waals surface area contributed by atoms with Crippen LogP contribution in [0.25, 0.3) is 0 Å². The number of aryl methyl sites for hydroxylation is 1. The molecule has 1 aliphatic carbocycles. The molecule has 1 aromatic heterocycles. The van der Waals surface area contributed by atoms with Gasteiger partial charge in [0.2, 0.25) is 5.91 Å². The molecule has 5 heteroatoms. The lowest BCUT2D eigenvalue weighted by Gasteiger charge is -2.25. The third-order valence-corrected chi connectivity index (χ3v) is 4.76. The largest absolute Gasteiger partial charge is 0.347 e. The van der Waals surface area contributed by atoms with Crippen molar-refractivity contribution in [2.75, 3.05) is 27.2 Å². The monoisotopic (exact) mass is 326 g/mol. The average Bonchev–Trinajstić information content (AvgIpc) is 3.21. The highest BCUT2D eigenvalue weighted by Gasteiger charge is 2.26. The van der Waals surface area contributed by atoms with Gasteiger partial charge >= 0.3 is 0 Å². The van der Waals surface area contributed by atoms with E-state index in [-0.39, 0.29) is 5.91 Å². The van der Waals surface area contributed by atoms with E-state index in [2.05, 4.69) is 39.1 Å². The number of hydrogen-bond acceptors (Lipinski definition) is 3. The predicted molar refractivity (Wildman–Crippen MR) is 94.7 cm³/mol. The zero-order valence-corrected chi connectivity index (χ0v) is 14.5. The summed E-state index contributed by atoms with van der Waals surface area (Å²) in [6.07, 6.45) is 6.22. The second-order valence-corrected chi connectivity index (χ2v) is 6.83. The van der Waals surface area contributed by atoms with Crippen LogP contribution < -0.4 is 0 Å².